The molecule has 0 amide bonds. The lowest BCUT2D eigenvalue weighted by Gasteiger charge is -2.28. The molecule has 0 radical (unpaired) electrons. The van der Waals surface area contributed by atoms with Crippen LogP contribution in [0.2, 0.25) is 0 Å². The van der Waals surface area contributed by atoms with E-state index in [9.17, 15) is 8.42 Å². The Labute approximate surface area is 150 Å². The smallest absolute Gasteiger partial charge is 0.193 e. The van der Waals surface area contributed by atoms with E-state index in [1.165, 1.54) is 5.56 Å². The largest absolute Gasteiger partial charge is 0.355 e. The zero-order valence-corrected chi connectivity index (χ0v) is 15.7. The molecule has 2 fully saturated rings. The summed E-state index contributed by atoms with van der Waals surface area (Å²) >= 11 is 0. The molecule has 0 aromatic heterocycles. The van der Waals surface area contributed by atoms with E-state index in [2.05, 4.69) is 50.4 Å². The van der Waals surface area contributed by atoms with Crippen molar-refractivity contribution in [1.82, 2.24) is 15.1 Å². The van der Waals surface area contributed by atoms with Gasteiger partial charge in [0.05, 0.1) is 11.5 Å². The van der Waals surface area contributed by atoms with Gasteiger partial charge in [-0.3, -0.25) is 9.89 Å². The van der Waals surface area contributed by atoms with Gasteiger partial charge in [-0.25, -0.2) is 8.42 Å². The first-order chi connectivity index (χ1) is 12.1. The predicted molar refractivity (Wildman–Crippen MR) is 102 cm³/mol. The van der Waals surface area contributed by atoms with Gasteiger partial charge in [0.25, 0.3) is 0 Å². The second kappa shape index (κ2) is 8.19. The van der Waals surface area contributed by atoms with Gasteiger partial charge >= 0.3 is 0 Å². The summed E-state index contributed by atoms with van der Waals surface area (Å²) in [6, 6.07) is 10.7. The first kappa shape index (κ1) is 18.2. The van der Waals surface area contributed by atoms with Crippen LogP contribution >= 0.6 is 0 Å². The number of nitrogens with zero attached hydrogens (tertiary/aromatic N) is 3. The Hall–Kier alpha value is -1.60. The summed E-state index contributed by atoms with van der Waals surface area (Å²) in [7, 11) is -0.976. The van der Waals surface area contributed by atoms with Crippen molar-refractivity contribution in [2.24, 2.45) is 4.99 Å². The SMILES string of the molecule is CN=C(NCCN1CCS(=O)(=O)CC1)N1CCC(c2ccccc2)C1. The molecule has 0 aliphatic carbocycles. The molecule has 3 rings (SSSR count). The van der Waals surface area contributed by atoms with Gasteiger partial charge in [0.1, 0.15) is 0 Å². The van der Waals surface area contributed by atoms with Crippen molar-refractivity contribution < 1.29 is 8.42 Å². The average molecular weight is 365 g/mol. The third-order valence-electron chi connectivity index (χ3n) is 5.12. The van der Waals surface area contributed by atoms with E-state index in [4.69, 9.17) is 0 Å². The van der Waals surface area contributed by atoms with Gasteiger partial charge in [0, 0.05) is 52.2 Å². The van der Waals surface area contributed by atoms with Crippen LogP contribution in [0.15, 0.2) is 35.3 Å². The molecule has 25 heavy (non-hydrogen) atoms. The predicted octanol–water partition coefficient (Wildman–Crippen LogP) is 0.782. The molecule has 0 bridgehead atoms. The third-order valence-corrected chi connectivity index (χ3v) is 6.73. The maximum Gasteiger partial charge on any atom is 0.193 e. The summed E-state index contributed by atoms with van der Waals surface area (Å²) in [5.41, 5.74) is 1.40. The highest BCUT2D eigenvalue weighted by atomic mass is 32.2. The van der Waals surface area contributed by atoms with E-state index in [0.29, 0.717) is 19.0 Å². The molecule has 2 saturated heterocycles. The third kappa shape index (κ3) is 4.95. The van der Waals surface area contributed by atoms with Crippen molar-refractivity contribution in [1.29, 1.82) is 0 Å². The maximum atomic E-state index is 11.5. The number of sulfone groups is 1. The molecule has 6 nitrogen and oxygen atoms in total. The number of nitrogens with one attached hydrogen (secondary N) is 1. The minimum atomic E-state index is -2.80. The second-order valence-electron chi connectivity index (χ2n) is 6.81. The topological polar surface area (TPSA) is 65.0 Å². The Kier molecular flexibility index (Phi) is 5.96. The maximum absolute atomic E-state index is 11.5. The minimum absolute atomic E-state index is 0.284. The molecule has 0 saturated carbocycles. The van der Waals surface area contributed by atoms with Crippen LogP contribution in [0.4, 0.5) is 0 Å². The molecule has 1 atom stereocenters. The standard InChI is InChI=1S/C18H28N4O2S/c1-19-18(20-8-10-21-11-13-25(23,24)14-12-21)22-9-7-17(15-22)16-5-3-2-4-6-16/h2-6,17H,7-15H2,1H3,(H,19,20). The fourth-order valence-corrected chi connectivity index (χ4v) is 4.86. The highest BCUT2D eigenvalue weighted by Gasteiger charge is 2.26. The summed E-state index contributed by atoms with van der Waals surface area (Å²) in [6.07, 6.45) is 1.15. The van der Waals surface area contributed by atoms with Gasteiger partial charge in [-0.2, -0.15) is 0 Å². The molecular weight excluding hydrogens is 336 g/mol. The lowest BCUT2D eigenvalue weighted by Crippen LogP contribution is -2.46. The molecule has 1 unspecified atom stereocenters. The normalized spacial score (nSPS) is 24.4. The van der Waals surface area contributed by atoms with E-state index in [0.717, 1.165) is 38.6 Å². The summed E-state index contributed by atoms with van der Waals surface area (Å²) < 4.78 is 23.0. The Morgan fingerprint density at radius 1 is 1.20 bits per heavy atom. The van der Waals surface area contributed by atoms with Crippen molar-refractivity contribution in [2.45, 2.75) is 12.3 Å². The number of rotatable bonds is 4. The Bertz CT molecular complexity index is 676. The van der Waals surface area contributed by atoms with Gasteiger partial charge in [0.2, 0.25) is 0 Å². The van der Waals surface area contributed by atoms with Crippen molar-refractivity contribution in [3.05, 3.63) is 35.9 Å². The Morgan fingerprint density at radius 3 is 2.60 bits per heavy atom. The van der Waals surface area contributed by atoms with Gasteiger partial charge in [0.15, 0.2) is 15.8 Å². The fourth-order valence-electron chi connectivity index (χ4n) is 3.58. The molecule has 1 aromatic carbocycles. The average Bonchev–Trinajstić information content (AvgIpc) is 3.11. The Morgan fingerprint density at radius 2 is 1.92 bits per heavy atom. The molecule has 2 aliphatic heterocycles. The molecule has 1 N–H and O–H groups in total. The van der Waals surface area contributed by atoms with Crippen LogP contribution in [0.5, 0.6) is 0 Å². The van der Waals surface area contributed by atoms with Gasteiger partial charge < -0.3 is 10.2 Å². The van der Waals surface area contributed by atoms with Crippen molar-refractivity contribution in [3.8, 4) is 0 Å². The van der Waals surface area contributed by atoms with Gasteiger partial charge in [-0.15, -0.1) is 0 Å². The summed E-state index contributed by atoms with van der Waals surface area (Å²) in [5.74, 6) is 2.08. The number of hydrogen-bond donors (Lipinski definition) is 1. The zero-order valence-electron chi connectivity index (χ0n) is 14.9. The Balaban J connectivity index is 1.44. The summed E-state index contributed by atoms with van der Waals surface area (Å²) in [5, 5.41) is 3.44. The lowest BCUT2D eigenvalue weighted by molar-refractivity contribution is 0.298. The van der Waals surface area contributed by atoms with E-state index in [1.54, 1.807) is 0 Å². The zero-order chi connectivity index (χ0) is 17.7. The number of guanidine groups is 1. The molecule has 138 valence electrons. The van der Waals surface area contributed by atoms with Crippen LogP contribution in [0.25, 0.3) is 0 Å². The van der Waals surface area contributed by atoms with E-state index >= 15 is 0 Å². The van der Waals surface area contributed by atoms with E-state index in [1.807, 2.05) is 7.05 Å². The van der Waals surface area contributed by atoms with Crippen LogP contribution in [-0.2, 0) is 9.84 Å². The summed E-state index contributed by atoms with van der Waals surface area (Å²) in [6.45, 7) is 4.93. The van der Waals surface area contributed by atoms with Crippen LogP contribution in [0, 0.1) is 0 Å². The monoisotopic (exact) mass is 364 g/mol. The molecule has 7 heteroatoms. The number of hydrogen-bond acceptors (Lipinski definition) is 4. The molecule has 1 aromatic rings. The van der Waals surface area contributed by atoms with Crippen molar-refractivity contribution in [2.75, 3.05) is 57.8 Å². The minimum Gasteiger partial charge on any atom is -0.355 e. The van der Waals surface area contributed by atoms with Gasteiger partial charge in [-0.1, -0.05) is 30.3 Å². The van der Waals surface area contributed by atoms with E-state index in [-0.39, 0.29) is 11.5 Å². The lowest BCUT2D eigenvalue weighted by atomic mass is 9.99. The summed E-state index contributed by atoms with van der Waals surface area (Å²) in [4.78, 5) is 8.95. The number of benzene rings is 1. The quantitative estimate of drug-likeness (QED) is 0.632. The molecule has 2 heterocycles. The van der Waals surface area contributed by atoms with Crippen LogP contribution in [0.3, 0.4) is 0 Å². The number of likely N-dealkylation sites (tertiary alicyclic amines) is 1. The number of aliphatic imine (C=N–C) groups is 1. The molecule has 0 spiro atoms. The second-order valence-corrected chi connectivity index (χ2v) is 9.11. The first-order valence-corrected chi connectivity index (χ1v) is 10.8. The highest BCUT2D eigenvalue weighted by Crippen LogP contribution is 2.26. The van der Waals surface area contributed by atoms with Crippen LogP contribution in [0.1, 0.15) is 17.9 Å². The van der Waals surface area contributed by atoms with Crippen LogP contribution in [-0.4, -0.2) is 82.0 Å². The van der Waals surface area contributed by atoms with Gasteiger partial charge in [-0.05, 0) is 12.0 Å². The molecule has 2 aliphatic rings. The van der Waals surface area contributed by atoms with E-state index < -0.39 is 9.84 Å². The molecular formula is C18H28N4O2S. The first-order valence-electron chi connectivity index (χ1n) is 9.01. The highest BCUT2D eigenvalue weighted by molar-refractivity contribution is 7.91. The van der Waals surface area contributed by atoms with Crippen molar-refractivity contribution >= 4 is 15.8 Å². The fraction of sp³-hybridized carbons (Fsp3) is 0.611. The van der Waals surface area contributed by atoms with Crippen LogP contribution < -0.4 is 5.32 Å². The van der Waals surface area contributed by atoms with Crippen molar-refractivity contribution in [3.63, 3.8) is 0 Å².